The van der Waals surface area contributed by atoms with Gasteiger partial charge in [0.2, 0.25) is 0 Å². The van der Waals surface area contributed by atoms with Crippen molar-refractivity contribution in [1.29, 1.82) is 0 Å². The van der Waals surface area contributed by atoms with E-state index in [0.29, 0.717) is 32.0 Å². The summed E-state index contributed by atoms with van der Waals surface area (Å²) in [5.41, 5.74) is -1.53. The van der Waals surface area contributed by atoms with Gasteiger partial charge in [0.05, 0.1) is 18.8 Å². The summed E-state index contributed by atoms with van der Waals surface area (Å²) in [6.07, 6.45) is 3.59. The number of amides is 1. The van der Waals surface area contributed by atoms with Gasteiger partial charge in [-0.2, -0.15) is 0 Å². The van der Waals surface area contributed by atoms with Crippen molar-refractivity contribution in [2.75, 3.05) is 32.8 Å². The largest absolute Gasteiger partial charge is 0.373 e. The molecule has 4 nitrogen and oxygen atoms in total. The number of nitrogens with zero attached hydrogens (tertiary/aromatic N) is 2. The summed E-state index contributed by atoms with van der Waals surface area (Å²) in [6.45, 7) is 4.07. The van der Waals surface area contributed by atoms with Gasteiger partial charge in [-0.15, -0.1) is 0 Å². The van der Waals surface area contributed by atoms with Crippen LogP contribution in [0.15, 0.2) is 0 Å². The monoisotopic (exact) mass is 268 g/mol. The predicted molar refractivity (Wildman–Crippen MR) is 67.5 cm³/mol. The fraction of sp³-hybridized carbons (Fsp3) is 0.929. The van der Waals surface area contributed by atoms with Crippen molar-refractivity contribution in [1.82, 2.24) is 9.80 Å². The molecule has 0 aromatic heterocycles. The first-order valence-corrected chi connectivity index (χ1v) is 7.50. The van der Waals surface area contributed by atoms with Gasteiger partial charge in [0.25, 0.3) is 5.91 Å². The highest BCUT2D eigenvalue weighted by molar-refractivity contribution is 5.88. The number of halogens is 1. The number of rotatable bonds is 3. The van der Waals surface area contributed by atoms with Crippen LogP contribution < -0.4 is 0 Å². The molecule has 0 radical (unpaired) electrons. The van der Waals surface area contributed by atoms with Crippen molar-refractivity contribution < 1.29 is 13.9 Å². The summed E-state index contributed by atoms with van der Waals surface area (Å²) in [4.78, 5) is 16.3. The maximum Gasteiger partial charge on any atom is 0.260 e. The van der Waals surface area contributed by atoms with Crippen LogP contribution in [-0.4, -0.2) is 66.3 Å². The molecule has 4 fully saturated rings. The summed E-state index contributed by atoms with van der Waals surface area (Å²) in [7, 11) is 0. The van der Waals surface area contributed by atoms with Crippen LogP contribution in [0, 0.1) is 5.92 Å². The molecule has 2 atom stereocenters. The Balaban J connectivity index is 1.44. The van der Waals surface area contributed by atoms with Crippen LogP contribution in [0.4, 0.5) is 4.39 Å². The number of likely N-dealkylation sites (tertiary alicyclic amines) is 1. The van der Waals surface area contributed by atoms with Gasteiger partial charge < -0.3 is 9.64 Å². The smallest absolute Gasteiger partial charge is 0.260 e. The molecule has 106 valence electrons. The summed E-state index contributed by atoms with van der Waals surface area (Å²) >= 11 is 0. The standard InChI is InChI=1S/C14H21FN2O2/c15-14(3-4-14)13(18)17-8-11-12(9-17)19-6-5-16(11)7-10-1-2-10/h10-12H,1-9H2/t11-,12+/m1/s1. The topological polar surface area (TPSA) is 32.8 Å². The van der Waals surface area contributed by atoms with Crippen molar-refractivity contribution in [3.05, 3.63) is 0 Å². The van der Waals surface area contributed by atoms with Crippen molar-refractivity contribution in [3.8, 4) is 0 Å². The lowest BCUT2D eigenvalue weighted by Gasteiger charge is -2.36. The van der Waals surface area contributed by atoms with Gasteiger partial charge in [-0.25, -0.2) is 4.39 Å². The molecule has 0 bridgehead atoms. The predicted octanol–water partition coefficient (Wildman–Crippen LogP) is 0.810. The molecular formula is C14H21FN2O2. The van der Waals surface area contributed by atoms with E-state index in [0.717, 1.165) is 25.6 Å². The number of hydrogen-bond donors (Lipinski definition) is 0. The summed E-state index contributed by atoms with van der Waals surface area (Å²) in [6, 6.07) is 0.292. The van der Waals surface area contributed by atoms with E-state index >= 15 is 0 Å². The van der Waals surface area contributed by atoms with Gasteiger partial charge >= 0.3 is 0 Å². The molecule has 0 spiro atoms. The Bertz CT molecular complexity index is 395. The third-order valence-electron chi connectivity index (χ3n) is 4.97. The molecule has 2 saturated heterocycles. The molecule has 0 unspecified atom stereocenters. The second-order valence-electron chi connectivity index (χ2n) is 6.59. The maximum absolute atomic E-state index is 13.9. The Morgan fingerprint density at radius 1 is 1.32 bits per heavy atom. The van der Waals surface area contributed by atoms with E-state index in [9.17, 15) is 9.18 Å². The number of alkyl halides is 1. The van der Waals surface area contributed by atoms with Crippen LogP contribution in [-0.2, 0) is 9.53 Å². The Labute approximate surface area is 112 Å². The van der Waals surface area contributed by atoms with E-state index in [-0.39, 0.29) is 12.0 Å². The first kappa shape index (κ1) is 12.1. The van der Waals surface area contributed by atoms with Gasteiger partial charge in [0.15, 0.2) is 5.67 Å². The highest BCUT2D eigenvalue weighted by Gasteiger charge is 2.55. The van der Waals surface area contributed by atoms with E-state index in [1.807, 2.05) is 0 Å². The summed E-state index contributed by atoms with van der Waals surface area (Å²) in [5.74, 6) is 0.552. The second kappa shape index (κ2) is 4.16. The lowest BCUT2D eigenvalue weighted by molar-refractivity contribution is -0.137. The van der Waals surface area contributed by atoms with Crippen molar-refractivity contribution >= 4 is 5.91 Å². The molecule has 0 N–H and O–H groups in total. The van der Waals surface area contributed by atoms with Crippen LogP contribution in [0.3, 0.4) is 0 Å². The number of hydrogen-bond acceptors (Lipinski definition) is 3. The van der Waals surface area contributed by atoms with Gasteiger partial charge in [-0.1, -0.05) is 0 Å². The molecule has 2 saturated carbocycles. The van der Waals surface area contributed by atoms with Crippen LogP contribution in [0.2, 0.25) is 0 Å². The molecule has 2 aliphatic heterocycles. The number of ether oxygens (including phenoxy) is 1. The molecule has 4 aliphatic rings. The number of fused-ring (bicyclic) bond motifs is 1. The maximum atomic E-state index is 13.9. The number of morpholine rings is 1. The zero-order valence-corrected chi connectivity index (χ0v) is 11.2. The summed E-state index contributed by atoms with van der Waals surface area (Å²) in [5, 5.41) is 0. The zero-order valence-electron chi connectivity index (χ0n) is 11.2. The molecule has 2 aliphatic carbocycles. The normalized spacial score (nSPS) is 37.2. The van der Waals surface area contributed by atoms with E-state index in [1.165, 1.54) is 12.8 Å². The lowest BCUT2D eigenvalue weighted by atomic mass is 10.1. The average molecular weight is 268 g/mol. The molecular weight excluding hydrogens is 247 g/mol. The number of carbonyl (C=O) groups excluding carboxylic acids is 1. The first-order chi connectivity index (χ1) is 9.16. The van der Waals surface area contributed by atoms with Crippen molar-refractivity contribution in [2.45, 2.75) is 43.5 Å². The fourth-order valence-electron chi connectivity index (χ4n) is 3.39. The Morgan fingerprint density at radius 2 is 2.11 bits per heavy atom. The summed E-state index contributed by atoms with van der Waals surface area (Å²) < 4.78 is 19.7. The Morgan fingerprint density at radius 3 is 2.79 bits per heavy atom. The zero-order chi connectivity index (χ0) is 13.0. The minimum Gasteiger partial charge on any atom is -0.373 e. The molecule has 0 aromatic carbocycles. The molecule has 2 heterocycles. The first-order valence-electron chi connectivity index (χ1n) is 7.50. The lowest BCUT2D eigenvalue weighted by Crippen LogP contribution is -2.51. The molecule has 5 heteroatoms. The third-order valence-corrected chi connectivity index (χ3v) is 4.97. The molecule has 0 aromatic rings. The van der Waals surface area contributed by atoms with Gasteiger partial charge in [0, 0.05) is 26.2 Å². The van der Waals surface area contributed by atoms with Crippen LogP contribution >= 0.6 is 0 Å². The quantitative estimate of drug-likeness (QED) is 0.759. The Hall–Kier alpha value is -0.680. The second-order valence-corrected chi connectivity index (χ2v) is 6.59. The van der Waals surface area contributed by atoms with Crippen LogP contribution in [0.1, 0.15) is 25.7 Å². The van der Waals surface area contributed by atoms with Gasteiger partial charge in [0.1, 0.15) is 0 Å². The molecule has 19 heavy (non-hydrogen) atoms. The van der Waals surface area contributed by atoms with E-state index in [2.05, 4.69) is 4.90 Å². The van der Waals surface area contributed by atoms with Crippen LogP contribution in [0.5, 0.6) is 0 Å². The van der Waals surface area contributed by atoms with E-state index in [4.69, 9.17) is 4.74 Å². The van der Waals surface area contributed by atoms with Crippen LogP contribution in [0.25, 0.3) is 0 Å². The molecule has 4 rings (SSSR count). The number of carbonyl (C=O) groups is 1. The molecule has 1 amide bonds. The highest BCUT2D eigenvalue weighted by Crippen LogP contribution is 2.42. The SMILES string of the molecule is O=C(N1C[C@@H]2OCCN(CC3CC3)[C@@H]2C1)C1(F)CC1. The van der Waals surface area contributed by atoms with Crippen molar-refractivity contribution in [2.24, 2.45) is 5.92 Å². The minimum absolute atomic E-state index is 0.0961. The Kier molecular flexibility index (Phi) is 2.64. The highest BCUT2D eigenvalue weighted by atomic mass is 19.1. The third kappa shape index (κ3) is 2.17. The average Bonchev–Trinajstić information content (AvgIpc) is 3.30. The van der Waals surface area contributed by atoms with Gasteiger partial charge in [-0.3, -0.25) is 9.69 Å². The van der Waals surface area contributed by atoms with E-state index < -0.39 is 5.67 Å². The van der Waals surface area contributed by atoms with E-state index in [1.54, 1.807) is 4.90 Å². The van der Waals surface area contributed by atoms with Crippen molar-refractivity contribution in [3.63, 3.8) is 0 Å². The van der Waals surface area contributed by atoms with Gasteiger partial charge in [-0.05, 0) is 31.6 Å². The fourth-order valence-corrected chi connectivity index (χ4v) is 3.39. The minimum atomic E-state index is -1.53.